The van der Waals surface area contributed by atoms with Gasteiger partial charge in [0, 0.05) is 6.04 Å². The van der Waals surface area contributed by atoms with E-state index in [1.807, 2.05) is 6.07 Å². The van der Waals surface area contributed by atoms with Gasteiger partial charge in [-0.1, -0.05) is 33.8 Å². The van der Waals surface area contributed by atoms with Crippen molar-refractivity contribution >= 4 is 0 Å². The largest absolute Gasteiger partial charge is 0.494 e. The van der Waals surface area contributed by atoms with Crippen LogP contribution in [-0.2, 0) is 0 Å². The third kappa shape index (κ3) is 4.18. The molecule has 4 heteroatoms. The molecule has 0 aliphatic heterocycles. The maximum Gasteiger partial charge on any atom is 0.165 e. The number of methoxy groups -OCH3 is 1. The Kier molecular flexibility index (Phi) is 5.32. The van der Waals surface area contributed by atoms with Crippen LogP contribution in [0.5, 0.6) is 5.75 Å². The molecule has 0 amide bonds. The van der Waals surface area contributed by atoms with Gasteiger partial charge in [-0.2, -0.15) is 0 Å². The van der Waals surface area contributed by atoms with Gasteiger partial charge in [-0.3, -0.25) is 11.3 Å². The van der Waals surface area contributed by atoms with Crippen LogP contribution in [0.2, 0.25) is 0 Å². The molecule has 3 N–H and O–H groups in total. The molecular weight excluding hydrogens is 243 g/mol. The minimum atomic E-state index is -0.358. The molecule has 1 aromatic rings. The molecule has 2 atom stereocenters. The second kappa shape index (κ2) is 6.35. The lowest BCUT2D eigenvalue weighted by Gasteiger charge is -2.30. The number of hydrazine groups is 1. The van der Waals surface area contributed by atoms with E-state index >= 15 is 0 Å². The van der Waals surface area contributed by atoms with E-state index in [4.69, 9.17) is 10.6 Å². The minimum Gasteiger partial charge on any atom is -0.494 e. The van der Waals surface area contributed by atoms with Crippen molar-refractivity contribution in [1.29, 1.82) is 0 Å². The van der Waals surface area contributed by atoms with Crippen molar-refractivity contribution < 1.29 is 9.13 Å². The molecule has 0 spiro atoms. The van der Waals surface area contributed by atoms with Gasteiger partial charge in [0.1, 0.15) is 0 Å². The van der Waals surface area contributed by atoms with Crippen molar-refractivity contribution in [2.75, 3.05) is 7.11 Å². The molecule has 1 aromatic carbocycles. The molecule has 0 aliphatic carbocycles. The molecule has 0 aliphatic rings. The van der Waals surface area contributed by atoms with Gasteiger partial charge in [0.25, 0.3) is 0 Å². The first-order chi connectivity index (χ1) is 8.79. The average molecular weight is 268 g/mol. The second-order valence-electron chi connectivity index (χ2n) is 6.12. The average Bonchev–Trinajstić information content (AvgIpc) is 2.34. The fourth-order valence-electron chi connectivity index (χ4n) is 1.91. The molecule has 0 fully saturated rings. The predicted molar refractivity (Wildman–Crippen MR) is 76.3 cm³/mol. The first-order valence-corrected chi connectivity index (χ1v) is 6.59. The summed E-state index contributed by atoms with van der Waals surface area (Å²) in [4.78, 5) is 0. The summed E-state index contributed by atoms with van der Waals surface area (Å²) in [7, 11) is 1.46. The van der Waals surface area contributed by atoms with Gasteiger partial charge < -0.3 is 4.74 Å². The molecule has 0 heterocycles. The summed E-state index contributed by atoms with van der Waals surface area (Å²) in [5.41, 5.74) is 3.82. The summed E-state index contributed by atoms with van der Waals surface area (Å²) >= 11 is 0. The van der Waals surface area contributed by atoms with E-state index in [-0.39, 0.29) is 23.0 Å². The number of nitrogens with two attached hydrogens (primary N) is 1. The normalized spacial score (nSPS) is 15.1. The zero-order valence-electron chi connectivity index (χ0n) is 12.5. The molecule has 3 nitrogen and oxygen atoms in total. The molecule has 0 radical (unpaired) electrons. The third-order valence-corrected chi connectivity index (χ3v) is 3.85. The molecule has 0 saturated carbocycles. The maximum atomic E-state index is 13.7. The maximum absolute atomic E-state index is 13.7. The SMILES string of the molecule is COc1ccc(C(CC(C)C(C)(C)C)NN)cc1F. The molecule has 2 unspecified atom stereocenters. The lowest BCUT2D eigenvalue weighted by Crippen LogP contribution is -2.32. The van der Waals surface area contributed by atoms with Gasteiger partial charge in [0.2, 0.25) is 0 Å². The highest BCUT2D eigenvalue weighted by Crippen LogP contribution is 2.33. The highest BCUT2D eigenvalue weighted by molar-refractivity contribution is 5.31. The smallest absolute Gasteiger partial charge is 0.165 e. The molecule has 108 valence electrons. The Morgan fingerprint density at radius 1 is 1.37 bits per heavy atom. The van der Waals surface area contributed by atoms with Crippen molar-refractivity contribution in [2.24, 2.45) is 17.2 Å². The summed E-state index contributed by atoms with van der Waals surface area (Å²) in [6.45, 7) is 8.77. The zero-order chi connectivity index (χ0) is 14.6. The zero-order valence-corrected chi connectivity index (χ0v) is 12.5. The van der Waals surface area contributed by atoms with Gasteiger partial charge in [-0.25, -0.2) is 4.39 Å². The number of rotatable bonds is 5. The predicted octanol–water partition coefficient (Wildman–Crippen LogP) is 3.41. The van der Waals surface area contributed by atoms with Crippen LogP contribution in [0.3, 0.4) is 0 Å². The van der Waals surface area contributed by atoms with E-state index in [2.05, 4.69) is 33.1 Å². The van der Waals surface area contributed by atoms with Gasteiger partial charge >= 0.3 is 0 Å². The highest BCUT2D eigenvalue weighted by Gasteiger charge is 2.24. The Hall–Kier alpha value is -1.13. The first-order valence-electron chi connectivity index (χ1n) is 6.59. The van der Waals surface area contributed by atoms with Crippen LogP contribution in [0.15, 0.2) is 18.2 Å². The van der Waals surface area contributed by atoms with E-state index < -0.39 is 0 Å². The van der Waals surface area contributed by atoms with Crippen molar-refractivity contribution in [2.45, 2.75) is 40.2 Å². The van der Waals surface area contributed by atoms with Crippen LogP contribution < -0.4 is 16.0 Å². The lowest BCUT2D eigenvalue weighted by atomic mass is 9.77. The molecule has 19 heavy (non-hydrogen) atoms. The number of hydrogen-bond acceptors (Lipinski definition) is 3. The van der Waals surface area contributed by atoms with E-state index in [1.165, 1.54) is 13.2 Å². The summed E-state index contributed by atoms with van der Waals surface area (Å²) in [5, 5.41) is 0. The molecule has 1 rings (SSSR count). The molecule has 0 saturated heterocycles. The van der Waals surface area contributed by atoms with E-state index in [9.17, 15) is 4.39 Å². The molecule has 0 aromatic heterocycles. The molecular formula is C15H25FN2O. The van der Waals surface area contributed by atoms with E-state index in [0.717, 1.165) is 12.0 Å². The van der Waals surface area contributed by atoms with Gasteiger partial charge in [0.05, 0.1) is 7.11 Å². The standard InChI is InChI=1S/C15H25FN2O/c1-10(15(2,3)4)8-13(18-17)11-6-7-14(19-5)12(16)9-11/h6-7,9-10,13,18H,8,17H2,1-5H3. The van der Waals surface area contributed by atoms with Crippen LogP contribution >= 0.6 is 0 Å². The van der Waals surface area contributed by atoms with Crippen LogP contribution in [-0.4, -0.2) is 7.11 Å². The van der Waals surface area contributed by atoms with E-state index in [0.29, 0.717) is 5.92 Å². The van der Waals surface area contributed by atoms with Crippen LogP contribution in [0.25, 0.3) is 0 Å². The fraction of sp³-hybridized carbons (Fsp3) is 0.600. The second-order valence-corrected chi connectivity index (χ2v) is 6.12. The fourth-order valence-corrected chi connectivity index (χ4v) is 1.91. The summed E-state index contributed by atoms with van der Waals surface area (Å²) in [6, 6.07) is 4.91. The first kappa shape index (κ1) is 15.9. The number of halogens is 1. The Morgan fingerprint density at radius 2 is 2.00 bits per heavy atom. The number of nitrogens with one attached hydrogen (secondary N) is 1. The van der Waals surface area contributed by atoms with Crippen molar-refractivity contribution in [3.63, 3.8) is 0 Å². The van der Waals surface area contributed by atoms with Crippen LogP contribution in [0.4, 0.5) is 4.39 Å². The van der Waals surface area contributed by atoms with Crippen LogP contribution in [0, 0.1) is 17.2 Å². The topological polar surface area (TPSA) is 47.3 Å². The summed E-state index contributed by atoms with van der Waals surface area (Å²) < 4.78 is 18.6. The Labute approximate surface area is 115 Å². The quantitative estimate of drug-likeness (QED) is 0.635. The number of ether oxygens (including phenoxy) is 1. The lowest BCUT2D eigenvalue weighted by molar-refractivity contribution is 0.223. The Balaban J connectivity index is 2.89. The van der Waals surface area contributed by atoms with Gasteiger partial charge in [0.15, 0.2) is 11.6 Å². The van der Waals surface area contributed by atoms with Crippen LogP contribution in [0.1, 0.15) is 45.7 Å². The summed E-state index contributed by atoms with van der Waals surface area (Å²) in [5.74, 6) is 5.97. The van der Waals surface area contributed by atoms with Crippen molar-refractivity contribution in [1.82, 2.24) is 5.43 Å². The van der Waals surface area contributed by atoms with Gasteiger partial charge in [-0.15, -0.1) is 0 Å². The third-order valence-electron chi connectivity index (χ3n) is 3.85. The van der Waals surface area contributed by atoms with E-state index in [1.54, 1.807) is 6.07 Å². The van der Waals surface area contributed by atoms with Crippen molar-refractivity contribution in [3.05, 3.63) is 29.6 Å². The number of benzene rings is 1. The minimum absolute atomic E-state index is 0.0605. The Bertz CT molecular complexity index is 415. The van der Waals surface area contributed by atoms with Gasteiger partial charge in [-0.05, 0) is 35.4 Å². The molecule has 0 bridgehead atoms. The monoisotopic (exact) mass is 268 g/mol. The van der Waals surface area contributed by atoms with Crippen molar-refractivity contribution in [3.8, 4) is 5.75 Å². The highest BCUT2D eigenvalue weighted by atomic mass is 19.1. The number of hydrogen-bond donors (Lipinski definition) is 2. The Morgan fingerprint density at radius 3 is 2.42 bits per heavy atom. The summed E-state index contributed by atoms with van der Waals surface area (Å²) in [6.07, 6.45) is 0.853.